The summed E-state index contributed by atoms with van der Waals surface area (Å²) in [5.74, 6) is -0.481. The van der Waals surface area contributed by atoms with Gasteiger partial charge in [0.25, 0.3) is 0 Å². The predicted molar refractivity (Wildman–Crippen MR) is 151 cm³/mol. The molecule has 8 heteroatoms. The molecule has 0 fully saturated rings. The maximum absolute atomic E-state index is 13.9. The molecule has 2 heterocycles. The quantitative estimate of drug-likeness (QED) is 0.209. The number of aromatic carboxylic acids is 1. The molecule has 0 radical (unpaired) electrons. The van der Waals surface area contributed by atoms with Crippen molar-refractivity contribution in [1.29, 1.82) is 0 Å². The van der Waals surface area contributed by atoms with E-state index in [0.717, 1.165) is 28.3 Å². The Labute approximate surface area is 232 Å². The van der Waals surface area contributed by atoms with Crippen LogP contribution in [0.5, 0.6) is 5.75 Å². The first-order valence-corrected chi connectivity index (χ1v) is 12.9. The Balaban J connectivity index is 1.38. The number of nitrogens with zero attached hydrogens (tertiary/aromatic N) is 1. The summed E-state index contributed by atoms with van der Waals surface area (Å²) in [6, 6.07) is 28.2. The van der Waals surface area contributed by atoms with Crippen LogP contribution in [-0.4, -0.2) is 21.0 Å². The van der Waals surface area contributed by atoms with Gasteiger partial charge in [0.05, 0.1) is 11.1 Å². The van der Waals surface area contributed by atoms with E-state index in [4.69, 9.17) is 4.74 Å². The number of carbonyl (C=O) groups is 1. The van der Waals surface area contributed by atoms with Crippen LogP contribution < -0.4 is 4.74 Å². The molecule has 0 saturated heterocycles. The van der Waals surface area contributed by atoms with Gasteiger partial charge in [-0.1, -0.05) is 60.7 Å². The lowest BCUT2D eigenvalue weighted by Gasteiger charge is -2.17. The van der Waals surface area contributed by atoms with E-state index in [1.54, 1.807) is 36.5 Å². The number of fused-ring (bicyclic) bond motifs is 2. The van der Waals surface area contributed by atoms with Gasteiger partial charge in [-0.25, -0.2) is 4.79 Å². The van der Waals surface area contributed by atoms with Crippen molar-refractivity contribution in [2.75, 3.05) is 0 Å². The van der Waals surface area contributed by atoms with Gasteiger partial charge in [0.2, 0.25) is 0 Å². The number of benzene rings is 4. The van der Waals surface area contributed by atoms with E-state index >= 15 is 0 Å². The van der Waals surface area contributed by atoms with Crippen molar-refractivity contribution >= 4 is 27.8 Å². The second kappa shape index (κ2) is 10.5. The van der Waals surface area contributed by atoms with Crippen LogP contribution in [-0.2, 0) is 19.2 Å². The Bertz CT molecular complexity index is 1900. The lowest BCUT2D eigenvalue weighted by atomic mass is 9.91. The Hall–Kier alpha value is -5.11. The lowest BCUT2D eigenvalue weighted by Crippen LogP contribution is -2.07. The number of halogens is 3. The standard InChI is InChI=1S/C33H23F3N2O3/c34-33(35,36)27-11-5-10-26-30(24(18-37-31(26)27)14-20-6-2-1-3-7-20)22-9-4-8-21(15-22)19-41-25-12-13-28-23(16-25)17-29(38-28)32(39)40/h1-13,15-18,38H,14,19H2,(H,39,40). The SMILES string of the molecule is O=C(O)c1cc2cc(OCc3cccc(-c4c(Cc5ccccc5)cnc5c(C(F)(F)F)cccc45)c3)ccc2[nH]1. The third-order valence-corrected chi connectivity index (χ3v) is 6.96. The van der Waals surface area contributed by atoms with Crippen molar-refractivity contribution in [3.63, 3.8) is 0 Å². The molecular weight excluding hydrogens is 529 g/mol. The van der Waals surface area contributed by atoms with Gasteiger partial charge >= 0.3 is 12.1 Å². The van der Waals surface area contributed by atoms with Crippen molar-refractivity contribution in [2.45, 2.75) is 19.2 Å². The molecule has 0 bridgehead atoms. The van der Waals surface area contributed by atoms with E-state index in [0.29, 0.717) is 34.0 Å². The normalized spacial score (nSPS) is 11.7. The summed E-state index contributed by atoms with van der Waals surface area (Å²) in [4.78, 5) is 18.4. The molecule has 0 aliphatic heterocycles. The molecular formula is C33H23F3N2O3. The minimum atomic E-state index is -4.54. The van der Waals surface area contributed by atoms with Gasteiger partial charge in [0.1, 0.15) is 18.1 Å². The van der Waals surface area contributed by atoms with E-state index in [2.05, 4.69) is 9.97 Å². The molecule has 6 rings (SSSR count). The molecule has 5 nitrogen and oxygen atoms in total. The summed E-state index contributed by atoms with van der Waals surface area (Å²) in [6.45, 7) is 0.209. The molecule has 0 unspecified atom stereocenters. The number of rotatable bonds is 7. The number of H-pyrrole nitrogens is 1. The van der Waals surface area contributed by atoms with Crippen LogP contribution in [0.25, 0.3) is 32.9 Å². The number of carboxylic acids is 1. The first-order valence-electron chi connectivity index (χ1n) is 12.9. The number of para-hydroxylation sites is 1. The highest BCUT2D eigenvalue weighted by Crippen LogP contribution is 2.39. The molecule has 2 aromatic heterocycles. The van der Waals surface area contributed by atoms with Crippen LogP contribution >= 0.6 is 0 Å². The second-order valence-corrected chi connectivity index (χ2v) is 9.75. The molecule has 0 amide bonds. The molecule has 2 N–H and O–H groups in total. The summed E-state index contributed by atoms with van der Waals surface area (Å²) >= 11 is 0. The van der Waals surface area contributed by atoms with E-state index in [9.17, 15) is 23.1 Å². The fourth-order valence-corrected chi connectivity index (χ4v) is 5.08. The summed E-state index contributed by atoms with van der Waals surface area (Å²) in [5, 5.41) is 10.4. The number of aromatic nitrogens is 2. The summed E-state index contributed by atoms with van der Waals surface area (Å²) in [5.41, 5.74) is 4.03. The van der Waals surface area contributed by atoms with Crippen LogP contribution in [0.2, 0.25) is 0 Å². The molecule has 0 atom stereocenters. The summed E-state index contributed by atoms with van der Waals surface area (Å²) in [6.07, 6.45) is -2.49. The van der Waals surface area contributed by atoms with Crippen molar-refractivity contribution in [3.8, 4) is 16.9 Å². The Morgan fingerprint density at radius 3 is 2.44 bits per heavy atom. The highest BCUT2D eigenvalue weighted by atomic mass is 19.4. The van der Waals surface area contributed by atoms with Crippen LogP contribution in [0.3, 0.4) is 0 Å². The second-order valence-electron chi connectivity index (χ2n) is 9.75. The summed E-state index contributed by atoms with van der Waals surface area (Å²) in [7, 11) is 0. The zero-order valence-electron chi connectivity index (χ0n) is 21.6. The van der Waals surface area contributed by atoms with Gasteiger partial charge in [-0.3, -0.25) is 4.98 Å². The van der Waals surface area contributed by atoms with Gasteiger partial charge in [0.15, 0.2) is 0 Å². The third-order valence-electron chi connectivity index (χ3n) is 6.96. The largest absolute Gasteiger partial charge is 0.489 e. The molecule has 6 aromatic rings. The maximum atomic E-state index is 13.9. The van der Waals surface area contributed by atoms with Crippen molar-refractivity contribution in [3.05, 3.63) is 131 Å². The highest BCUT2D eigenvalue weighted by Gasteiger charge is 2.33. The molecule has 41 heavy (non-hydrogen) atoms. The zero-order valence-corrected chi connectivity index (χ0v) is 21.6. The van der Waals surface area contributed by atoms with Gasteiger partial charge < -0.3 is 14.8 Å². The maximum Gasteiger partial charge on any atom is 0.418 e. The van der Waals surface area contributed by atoms with Gasteiger partial charge in [-0.05, 0) is 70.6 Å². The molecule has 0 saturated carbocycles. The Kier molecular flexibility index (Phi) is 6.67. The monoisotopic (exact) mass is 552 g/mol. The minimum Gasteiger partial charge on any atom is -0.489 e. The fourth-order valence-electron chi connectivity index (χ4n) is 5.08. The number of hydrogen-bond donors (Lipinski definition) is 2. The molecule has 0 aliphatic carbocycles. The molecule has 0 aliphatic rings. The van der Waals surface area contributed by atoms with E-state index in [1.165, 1.54) is 6.07 Å². The van der Waals surface area contributed by atoms with Crippen LogP contribution in [0, 0.1) is 0 Å². The van der Waals surface area contributed by atoms with Gasteiger partial charge in [0, 0.05) is 22.5 Å². The molecule has 4 aromatic carbocycles. The molecule has 0 spiro atoms. The fraction of sp³-hybridized carbons (Fsp3) is 0.0909. The first-order chi connectivity index (χ1) is 19.8. The highest BCUT2D eigenvalue weighted by molar-refractivity contribution is 5.98. The predicted octanol–water partition coefficient (Wildman–Crippen LogP) is 8.27. The number of hydrogen-bond acceptors (Lipinski definition) is 3. The summed E-state index contributed by atoms with van der Waals surface area (Å²) < 4.78 is 47.6. The smallest absolute Gasteiger partial charge is 0.418 e. The zero-order chi connectivity index (χ0) is 28.6. The third kappa shape index (κ3) is 5.36. The number of carboxylic acid groups (broad SMARTS) is 1. The Morgan fingerprint density at radius 2 is 1.66 bits per heavy atom. The van der Waals surface area contributed by atoms with Gasteiger partial charge in [-0.2, -0.15) is 13.2 Å². The molecule has 204 valence electrons. The Morgan fingerprint density at radius 1 is 0.878 bits per heavy atom. The number of aromatic amines is 1. The van der Waals surface area contributed by atoms with Gasteiger partial charge in [-0.15, -0.1) is 0 Å². The number of pyridine rings is 1. The van der Waals surface area contributed by atoms with Crippen molar-refractivity contribution in [1.82, 2.24) is 9.97 Å². The average molecular weight is 553 g/mol. The number of nitrogens with one attached hydrogen (secondary N) is 1. The van der Waals surface area contributed by atoms with Crippen LogP contribution in [0.1, 0.15) is 32.7 Å². The van der Waals surface area contributed by atoms with Crippen LogP contribution in [0.15, 0.2) is 103 Å². The van der Waals surface area contributed by atoms with Crippen LogP contribution in [0.4, 0.5) is 13.2 Å². The van der Waals surface area contributed by atoms with E-state index < -0.39 is 17.7 Å². The van der Waals surface area contributed by atoms with E-state index in [1.807, 2.05) is 54.6 Å². The van der Waals surface area contributed by atoms with Crippen molar-refractivity contribution < 1.29 is 27.8 Å². The average Bonchev–Trinajstić information content (AvgIpc) is 3.40. The van der Waals surface area contributed by atoms with E-state index in [-0.39, 0.29) is 17.8 Å². The first kappa shape index (κ1) is 26.1. The van der Waals surface area contributed by atoms with Crippen molar-refractivity contribution in [2.24, 2.45) is 0 Å². The minimum absolute atomic E-state index is 0.0889. The number of ether oxygens (including phenoxy) is 1. The lowest BCUT2D eigenvalue weighted by molar-refractivity contribution is -0.136. The number of alkyl halides is 3. The topological polar surface area (TPSA) is 75.2 Å².